The van der Waals surface area contributed by atoms with Crippen molar-refractivity contribution in [1.82, 2.24) is 4.57 Å². The molecule has 3 nitrogen and oxygen atoms in total. The standard InChI is InChI=1S/C20H19FN2OS/c1-3-17-18(14-8-6-5-7-9-14)23(4-2)20(25-17)22-19(24)15-10-12-16(21)13-11-15/h5-13H,3-4H2,1-2H3. The van der Waals surface area contributed by atoms with E-state index in [1.165, 1.54) is 40.5 Å². The van der Waals surface area contributed by atoms with E-state index in [9.17, 15) is 9.18 Å². The topological polar surface area (TPSA) is 34.4 Å². The van der Waals surface area contributed by atoms with E-state index in [1.807, 2.05) is 25.1 Å². The van der Waals surface area contributed by atoms with Crippen LogP contribution in [0.1, 0.15) is 29.1 Å². The normalized spacial score (nSPS) is 11.7. The van der Waals surface area contributed by atoms with Crippen molar-refractivity contribution in [2.45, 2.75) is 26.8 Å². The maximum absolute atomic E-state index is 13.0. The minimum atomic E-state index is -0.365. The van der Waals surface area contributed by atoms with Crippen LogP contribution in [0.25, 0.3) is 11.3 Å². The number of rotatable bonds is 4. The van der Waals surface area contributed by atoms with Crippen LogP contribution in [-0.2, 0) is 13.0 Å². The third kappa shape index (κ3) is 3.61. The van der Waals surface area contributed by atoms with E-state index < -0.39 is 0 Å². The number of halogens is 1. The van der Waals surface area contributed by atoms with Crippen molar-refractivity contribution >= 4 is 17.2 Å². The molecule has 0 saturated heterocycles. The Balaban J connectivity index is 2.12. The molecular formula is C20H19FN2OS. The van der Waals surface area contributed by atoms with Gasteiger partial charge in [-0.2, -0.15) is 4.99 Å². The van der Waals surface area contributed by atoms with E-state index in [1.54, 1.807) is 0 Å². The van der Waals surface area contributed by atoms with E-state index in [4.69, 9.17) is 0 Å². The van der Waals surface area contributed by atoms with Gasteiger partial charge < -0.3 is 4.57 Å². The zero-order valence-electron chi connectivity index (χ0n) is 14.2. The molecule has 3 aromatic rings. The van der Waals surface area contributed by atoms with Crippen LogP contribution in [0.3, 0.4) is 0 Å². The first-order valence-electron chi connectivity index (χ1n) is 8.26. The summed E-state index contributed by atoms with van der Waals surface area (Å²) in [6.45, 7) is 4.86. The smallest absolute Gasteiger partial charge is 0.279 e. The largest absolute Gasteiger partial charge is 0.316 e. The molecule has 2 aromatic carbocycles. The molecule has 0 aliphatic heterocycles. The molecule has 0 aliphatic rings. The Morgan fingerprint density at radius 3 is 2.36 bits per heavy atom. The van der Waals surface area contributed by atoms with Crippen molar-refractivity contribution in [3.8, 4) is 11.3 Å². The highest BCUT2D eigenvalue weighted by Crippen LogP contribution is 2.26. The molecule has 3 rings (SSSR count). The highest BCUT2D eigenvalue weighted by molar-refractivity contribution is 7.09. The maximum Gasteiger partial charge on any atom is 0.279 e. The number of hydrogen-bond acceptors (Lipinski definition) is 2. The summed E-state index contributed by atoms with van der Waals surface area (Å²) in [5.41, 5.74) is 2.62. The highest BCUT2D eigenvalue weighted by atomic mass is 32.1. The number of amides is 1. The molecule has 0 aliphatic carbocycles. The quantitative estimate of drug-likeness (QED) is 0.670. The van der Waals surface area contributed by atoms with Gasteiger partial charge in [-0.3, -0.25) is 4.79 Å². The van der Waals surface area contributed by atoms with Gasteiger partial charge >= 0.3 is 0 Å². The van der Waals surface area contributed by atoms with Crippen molar-refractivity contribution in [2.24, 2.45) is 4.99 Å². The van der Waals surface area contributed by atoms with Crippen LogP contribution in [0.5, 0.6) is 0 Å². The van der Waals surface area contributed by atoms with E-state index >= 15 is 0 Å². The molecule has 1 amide bonds. The average Bonchev–Trinajstić information content (AvgIpc) is 3.00. The van der Waals surface area contributed by atoms with Crippen molar-refractivity contribution < 1.29 is 9.18 Å². The van der Waals surface area contributed by atoms with Gasteiger partial charge in [0.25, 0.3) is 5.91 Å². The second kappa shape index (κ2) is 7.57. The average molecular weight is 354 g/mol. The van der Waals surface area contributed by atoms with Gasteiger partial charge in [0.05, 0.1) is 5.69 Å². The third-order valence-corrected chi connectivity index (χ3v) is 5.18. The first-order valence-corrected chi connectivity index (χ1v) is 9.08. The number of thiazole rings is 1. The van der Waals surface area contributed by atoms with Gasteiger partial charge in [-0.25, -0.2) is 4.39 Å². The fourth-order valence-electron chi connectivity index (χ4n) is 2.73. The number of nitrogens with zero attached hydrogens (tertiary/aromatic N) is 2. The van der Waals surface area contributed by atoms with Crippen LogP contribution in [0.4, 0.5) is 4.39 Å². The molecule has 0 atom stereocenters. The van der Waals surface area contributed by atoms with Crippen LogP contribution in [0.2, 0.25) is 0 Å². The fraction of sp³-hybridized carbons (Fsp3) is 0.200. The number of hydrogen-bond donors (Lipinski definition) is 0. The molecule has 0 unspecified atom stereocenters. The summed E-state index contributed by atoms with van der Waals surface area (Å²) in [4.78, 5) is 18.6. The molecule has 0 saturated carbocycles. The second-order valence-corrected chi connectivity index (χ2v) is 6.61. The lowest BCUT2D eigenvalue weighted by Crippen LogP contribution is -2.17. The summed E-state index contributed by atoms with van der Waals surface area (Å²) in [6.07, 6.45) is 0.870. The summed E-state index contributed by atoms with van der Waals surface area (Å²) in [5.74, 6) is -0.721. The minimum absolute atomic E-state index is 0.356. The Kier molecular flexibility index (Phi) is 5.24. The van der Waals surface area contributed by atoms with E-state index in [-0.39, 0.29) is 11.7 Å². The first-order chi connectivity index (χ1) is 12.1. The molecule has 0 fully saturated rings. The van der Waals surface area contributed by atoms with Crippen LogP contribution in [0.15, 0.2) is 59.6 Å². The third-order valence-electron chi connectivity index (χ3n) is 3.95. The van der Waals surface area contributed by atoms with Gasteiger partial charge in [-0.05, 0) is 43.2 Å². The molecule has 0 spiro atoms. The van der Waals surface area contributed by atoms with Crippen molar-refractivity contribution in [1.29, 1.82) is 0 Å². The Morgan fingerprint density at radius 1 is 1.08 bits per heavy atom. The van der Waals surface area contributed by atoms with Crippen molar-refractivity contribution in [2.75, 3.05) is 0 Å². The Morgan fingerprint density at radius 2 is 1.76 bits per heavy atom. The van der Waals surface area contributed by atoms with E-state index in [0.717, 1.165) is 24.2 Å². The molecule has 128 valence electrons. The maximum atomic E-state index is 13.0. The summed E-state index contributed by atoms with van der Waals surface area (Å²) < 4.78 is 15.1. The number of aromatic nitrogens is 1. The predicted octanol–water partition coefficient (Wildman–Crippen LogP) is 4.68. The predicted molar refractivity (Wildman–Crippen MR) is 99.1 cm³/mol. The van der Waals surface area contributed by atoms with Gasteiger partial charge in [-0.1, -0.05) is 37.3 Å². The Labute approximate surface area is 150 Å². The Bertz CT molecular complexity index is 940. The van der Waals surface area contributed by atoms with Gasteiger partial charge in [-0.15, -0.1) is 11.3 Å². The van der Waals surface area contributed by atoms with Gasteiger partial charge in [0.2, 0.25) is 0 Å². The summed E-state index contributed by atoms with van der Waals surface area (Å²) in [6, 6.07) is 15.6. The van der Waals surface area contributed by atoms with E-state index in [0.29, 0.717) is 10.4 Å². The monoisotopic (exact) mass is 354 g/mol. The number of carbonyl (C=O) groups excluding carboxylic acids is 1. The molecule has 0 bridgehead atoms. The molecular weight excluding hydrogens is 335 g/mol. The van der Waals surface area contributed by atoms with Crippen LogP contribution in [-0.4, -0.2) is 10.5 Å². The Hall–Kier alpha value is -2.53. The SMILES string of the molecule is CCc1sc(=NC(=O)c2ccc(F)cc2)n(CC)c1-c1ccccc1. The zero-order valence-corrected chi connectivity index (χ0v) is 15.0. The lowest BCUT2D eigenvalue weighted by molar-refractivity contribution is 0.0998. The molecule has 1 heterocycles. The fourth-order valence-corrected chi connectivity index (χ4v) is 3.88. The van der Waals surface area contributed by atoms with Gasteiger partial charge in [0.15, 0.2) is 4.80 Å². The van der Waals surface area contributed by atoms with E-state index in [2.05, 4.69) is 28.6 Å². The van der Waals surface area contributed by atoms with Crippen LogP contribution >= 0.6 is 11.3 Å². The number of carbonyl (C=O) groups is 1. The van der Waals surface area contributed by atoms with Gasteiger partial charge in [0, 0.05) is 17.0 Å². The first kappa shape index (κ1) is 17.3. The van der Waals surface area contributed by atoms with Crippen molar-refractivity contribution in [3.05, 3.63) is 75.7 Å². The number of benzene rings is 2. The lowest BCUT2D eigenvalue weighted by Gasteiger charge is -2.08. The lowest BCUT2D eigenvalue weighted by atomic mass is 10.1. The molecule has 0 radical (unpaired) electrons. The second-order valence-electron chi connectivity index (χ2n) is 5.54. The summed E-state index contributed by atoms with van der Waals surface area (Å²) >= 11 is 1.53. The molecule has 0 N–H and O–H groups in total. The summed E-state index contributed by atoms with van der Waals surface area (Å²) in [5, 5.41) is 0. The molecule has 1 aromatic heterocycles. The van der Waals surface area contributed by atoms with Gasteiger partial charge in [0.1, 0.15) is 5.82 Å². The molecule has 5 heteroatoms. The number of aryl methyl sites for hydroxylation is 1. The minimum Gasteiger partial charge on any atom is -0.316 e. The van der Waals surface area contributed by atoms with Crippen LogP contribution < -0.4 is 4.80 Å². The van der Waals surface area contributed by atoms with Crippen molar-refractivity contribution in [3.63, 3.8) is 0 Å². The summed E-state index contributed by atoms with van der Waals surface area (Å²) in [7, 11) is 0. The highest BCUT2D eigenvalue weighted by Gasteiger charge is 2.14. The molecule has 25 heavy (non-hydrogen) atoms. The van der Waals surface area contributed by atoms with Crippen LogP contribution in [0, 0.1) is 5.82 Å². The zero-order chi connectivity index (χ0) is 17.8.